The van der Waals surface area contributed by atoms with E-state index in [1.807, 2.05) is 26.8 Å². The third-order valence-corrected chi connectivity index (χ3v) is 6.66. The van der Waals surface area contributed by atoms with E-state index < -0.39 is 9.84 Å². The molecule has 3 rings (SSSR count). The van der Waals surface area contributed by atoms with E-state index in [1.54, 1.807) is 24.3 Å². The molecule has 0 aliphatic heterocycles. The fourth-order valence-electron chi connectivity index (χ4n) is 3.93. The standard InChI is InChI=1S/C27H33NO4S/c1-7-20-12-11-13-21(8-2)27(20)23-16-25(32-18(3)4)22(19(5)28-23)17-31-24-14-9-10-15-26(24)33(6,29)30/h9-16,18H,7-8,17H2,1-6H3. The van der Waals surface area contributed by atoms with Gasteiger partial charge in [0.15, 0.2) is 9.84 Å². The lowest BCUT2D eigenvalue weighted by molar-refractivity contribution is 0.228. The summed E-state index contributed by atoms with van der Waals surface area (Å²) in [5.74, 6) is 1.03. The second-order valence-corrected chi connectivity index (χ2v) is 10.4. The molecule has 0 bridgehead atoms. The molecule has 0 saturated carbocycles. The summed E-state index contributed by atoms with van der Waals surface area (Å²) in [6, 6.07) is 15.1. The normalized spacial score (nSPS) is 11.6. The first-order valence-electron chi connectivity index (χ1n) is 11.4. The van der Waals surface area contributed by atoms with Crippen LogP contribution in [0.3, 0.4) is 0 Å². The first-order valence-corrected chi connectivity index (χ1v) is 13.2. The average Bonchev–Trinajstić information content (AvgIpc) is 2.77. The van der Waals surface area contributed by atoms with E-state index in [0.717, 1.165) is 35.4 Å². The fraction of sp³-hybridized carbons (Fsp3) is 0.370. The maximum absolute atomic E-state index is 12.1. The van der Waals surface area contributed by atoms with Crippen LogP contribution in [0, 0.1) is 6.92 Å². The first kappa shape index (κ1) is 24.8. The lowest BCUT2D eigenvalue weighted by Crippen LogP contribution is -2.12. The highest BCUT2D eigenvalue weighted by atomic mass is 32.2. The zero-order chi connectivity index (χ0) is 24.2. The lowest BCUT2D eigenvalue weighted by atomic mass is 9.94. The predicted octanol–water partition coefficient (Wildman–Crippen LogP) is 5.95. The zero-order valence-corrected chi connectivity index (χ0v) is 21.1. The molecule has 5 nitrogen and oxygen atoms in total. The zero-order valence-electron chi connectivity index (χ0n) is 20.3. The summed E-state index contributed by atoms with van der Waals surface area (Å²) in [6.45, 7) is 10.4. The van der Waals surface area contributed by atoms with E-state index >= 15 is 0 Å². The van der Waals surface area contributed by atoms with Crippen molar-refractivity contribution >= 4 is 9.84 Å². The summed E-state index contributed by atoms with van der Waals surface area (Å²) in [5.41, 5.74) is 6.16. The van der Waals surface area contributed by atoms with Crippen molar-refractivity contribution in [3.8, 4) is 22.8 Å². The van der Waals surface area contributed by atoms with E-state index in [4.69, 9.17) is 14.5 Å². The smallest absolute Gasteiger partial charge is 0.179 e. The predicted molar refractivity (Wildman–Crippen MR) is 133 cm³/mol. The van der Waals surface area contributed by atoms with Gasteiger partial charge in [-0.1, -0.05) is 44.2 Å². The van der Waals surface area contributed by atoms with Crippen LogP contribution < -0.4 is 9.47 Å². The summed E-state index contributed by atoms with van der Waals surface area (Å²) in [4.78, 5) is 5.10. The molecule has 0 N–H and O–H groups in total. The highest BCUT2D eigenvalue weighted by molar-refractivity contribution is 7.90. The van der Waals surface area contributed by atoms with Crippen LogP contribution in [0.1, 0.15) is 50.1 Å². The molecule has 0 aliphatic rings. The van der Waals surface area contributed by atoms with Gasteiger partial charge in [0.2, 0.25) is 0 Å². The quantitative estimate of drug-likeness (QED) is 0.389. The van der Waals surface area contributed by atoms with Crippen molar-refractivity contribution in [3.63, 3.8) is 0 Å². The summed E-state index contributed by atoms with van der Waals surface area (Å²) < 4.78 is 36.5. The van der Waals surface area contributed by atoms with Crippen LogP contribution in [-0.2, 0) is 29.3 Å². The van der Waals surface area contributed by atoms with E-state index in [1.165, 1.54) is 17.4 Å². The van der Waals surface area contributed by atoms with Crippen LogP contribution in [0.15, 0.2) is 53.4 Å². The van der Waals surface area contributed by atoms with Crippen molar-refractivity contribution in [1.29, 1.82) is 0 Å². The summed E-state index contributed by atoms with van der Waals surface area (Å²) in [6.07, 6.45) is 2.98. The molecule has 0 fully saturated rings. The molecule has 1 heterocycles. The molecule has 2 aromatic carbocycles. The van der Waals surface area contributed by atoms with Crippen molar-refractivity contribution < 1.29 is 17.9 Å². The molecule has 0 radical (unpaired) electrons. The van der Waals surface area contributed by atoms with E-state index in [2.05, 4.69) is 32.0 Å². The van der Waals surface area contributed by atoms with Crippen LogP contribution in [0.2, 0.25) is 0 Å². The second-order valence-electron chi connectivity index (χ2n) is 8.40. The maximum Gasteiger partial charge on any atom is 0.179 e. The van der Waals surface area contributed by atoms with E-state index in [9.17, 15) is 8.42 Å². The Morgan fingerprint density at radius 1 is 0.939 bits per heavy atom. The molecule has 0 spiro atoms. The van der Waals surface area contributed by atoms with Crippen molar-refractivity contribution in [3.05, 3.63) is 70.9 Å². The Labute approximate surface area is 197 Å². The molecule has 1 aromatic heterocycles. The Hall–Kier alpha value is -2.86. The maximum atomic E-state index is 12.1. The van der Waals surface area contributed by atoms with Gasteiger partial charge >= 0.3 is 0 Å². The Morgan fingerprint density at radius 2 is 1.58 bits per heavy atom. The van der Waals surface area contributed by atoms with Gasteiger partial charge in [0.25, 0.3) is 0 Å². The number of hydrogen-bond acceptors (Lipinski definition) is 5. The minimum absolute atomic E-state index is 0.0335. The molecule has 6 heteroatoms. The third kappa shape index (κ3) is 5.74. The van der Waals surface area contributed by atoms with Gasteiger partial charge in [0.1, 0.15) is 23.0 Å². The molecular formula is C27H33NO4S. The Kier molecular flexibility index (Phi) is 7.80. The SMILES string of the molecule is CCc1cccc(CC)c1-c1cc(OC(C)C)c(COc2ccccc2S(C)(=O)=O)c(C)n1. The molecule has 0 saturated heterocycles. The van der Waals surface area contributed by atoms with Gasteiger partial charge in [-0.3, -0.25) is 4.98 Å². The highest BCUT2D eigenvalue weighted by Crippen LogP contribution is 2.34. The number of para-hydroxylation sites is 1. The number of ether oxygens (including phenoxy) is 2. The highest BCUT2D eigenvalue weighted by Gasteiger charge is 2.19. The van der Waals surface area contributed by atoms with Crippen LogP contribution in [0.4, 0.5) is 0 Å². The second kappa shape index (κ2) is 10.4. The molecule has 3 aromatic rings. The lowest BCUT2D eigenvalue weighted by Gasteiger charge is -2.20. The molecular weight excluding hydrogens is 434 g/mol. The summed E-state index contributed by atoms with van der Waals surface area (Å²) in [5, 5.41) is 0. The number of hydrogen-bond donors (Lipinski definition) is 0. The monoisotopic (exact) mass is 467 g/mol. The van der Waals surface area contributed by atoms with E-state index in [-0.39, 0.29) is 17.6 Å². The van der Waals surface area contributed by atoms with Gasteiger partial charge in [0, 0.05) is 23.6 Å². The van der Waals surface area contributed by atoms with Crippen LogP contribution in [0.25, 0.3) is 11.3 Å². The molecule has 0 unspecified atom stereocenters. The van der Waals surface area contributed by atoms with Gasteiger partial charge in [0.05, 0.1) is 17.4 Å². The fourth-order valence-corrected chi connectivity index (χ4v) is 4.75. The largest absolute Gasteiger partial charge is 0.490 e. The number of aryl methyl sites for hydroxylation is 3. The summed E-state index contributed by atoms with van der Waals surface area (Å²) >= 11 is 0. The van der Waals surface area contributed by atoms with E-state index in [0.29, 0.717) is 11.5 Å². The number of aromatic nitrogens is 1. The number of pyridine rings is 1. The molecule has 176 valence electrons. The Morgan fingerprint density at radius 3 is 2.15 bits per heavy atom. The van der Waals surface area contributed by atoms with Gasteiger partial charge in [-0.2, -0.15) is 0 Å². The minimum atomic E-state index is -3.41. The van der Waals surface area contributed by atoms with Crippen LogP contribution >= 0.6 is 0 Å². The van der Waals surface area contributed by atoms with Crippen molar-refractivity contribution in [1.82, 2.24) is 4.98 Å². The van der Waals surface area contributed by atoms with Crippen molar-refractivity contribution in [2.75, 3.05) is 6.26 Å². The number of nitrogens with zero attached hydrogens (tertiary/aromatic N) is 1. The summed E-state index contributed by atoms with van der Waals surface area (Å²) in [7, 11) is -3.41. The average molecular weight is 468 g/mol. The molecule has 0 aliphatic carbocycles. The van der Waals surface area contributed by atoms with Gasteiger partial charge in [-0.15, -0.1) is 0 Å². The van der Waals surface area contributed by atoms with Crippen LogP contribution in [-0.4, -0.2) is 25.8 Å². The number of benzene rings is 2. The molecule has 33 heavy (non-hydrogen) atoms. The third-order valence-electron chi connectivity index (χ3n) is 5.53. The van der Waals surface area contributed by atoms with Gasteiger partial charge < -0.3 is 9.47 Å². The minimum Gasteiger partial charge on any atom is -0.490 e. The number of rotatable bonds is 9. The Balaban J connectivity index is 2.07. The van der Waals surface area contributed by atoms with Gasteiger partial charge in [-0.05, 0) is 56.9 Å². The van der Waals surface area contributed by atoms with Crippen molar-refractivity contribution in [2.45, 2.75) is 65.1 Å². The number of sulfone groups is 1. The Bertz CT molecular complexity index is 1210. The first-order chi connectivity index (χ1) is 15.7. The van der Waals surface area contributed by atoms with Gasteiger partial charge in [-0.25, -0.2) is 8.42 Å². The van der Waals surface area contributed by atoms with Crippen molar-refractivity contribution in [2.24, 2.45) is 0 Å². The molecule has 0 atom stereocenters. The topological polar surface area (TPSA) is 65.5 Å². The molecule has 0 amide bonds. The van der Waals surface area contributed by atoms with Crippen LogP contribution in [0.5, 0.6) is 11.5 Å².